The number of aryl methyl sites for hydroxylation is 2. The molecule has 6 heteroatoms. The molecule has 0 aliphatic carbocycles. The molecule has 0 spiro atoms. The maximum atomic E-state index is 12.7. The molecule has 5 nitrogen and oxygen atoms in total. The first kappa shape index (κ1) is 17.9. The molecule has 1 aliphatic heterocycles. The lowest BCUT2D eigenvalue weighted by atomic mass is 10.2. The Kier molecular flexibility index (Phi) is 5.68. The van der Waals surface area contributed by atoms with Crippen LogP contribution in [0.5, 0.6) is 0 Å². The van der Waals surface area contributed by atoms with Gasteiger partial charge in [-0.3, -0.25) is 4.79 Å². The second-order valence-electron chi connectivity index (χ2n) is 6.40. The van der Waals surface area contributed by atoms with E-state index in [1.54, 1.807) is 11.8 Å². The van der Waals surface area contributed by atoms with Gasteiger partial charge in [-0.1, -0.05) is 23.4 Å². The quantitative estimate of drug-likeness (QED) is 0.820. The van der Waals surface area contributed by atoms with Gasteiger partial charge < -0.3 is 14.3 Å². The van der Waals surface area contributed by atoms with Crippen molar-refractivity contribution in [3.05, 3.63) is 47.3 Å². The van der Waals surface area contributed by atoms with Gasteiger partial charge in [0.05, 0.1) is 10.9 Å². The summed E-state index contributed by atoms with van der Waals surface area (Å²) < 4.78 is 5.19. The molecule has 1 saturated heterocycles. The number of aromatic nitrogens is 1. The number of benzene rings is 1. The minimum atomic E-state index is -0.0584. The van der Waals surface area contributed by atoms with Gasteiger partial charge in [-0.25, -0.2) is 0 Å². The van der Waals surface area contributed by atoms with Gasteiger partial charge in [0.1, 0.15) is 5.76 Å². The van der Waals surface area contributed by atoms with Gasteiger partial charge in [0.15, 0.2) is 0 Å². The van der Waals surface area contributed by atoms with Gasteiger partial charge in [-0.2, -0.15) is 0 Å². The first-order chi connectivity index (χ1) is 12.1. The maximum absolute atomic E-state index is 12.7. The van der Waals surface area contributed by atoms with Crippen LogP contribution in [0.2, 0.25) is 0 Å². The summed E-state index contributed by atoms with van der Waals surface area (Å²) in [6, 6.07) is 10.4. The number of anilines is 1. The standard InChI is InChI=1S/C19H25N3O2S/c1-14-18(15(2)24-20-14)13-25-16(3)19(23)22-11-9-21(10-12-22)17-7-5-4-6-8-17/h4-8,16H,9-13H2,1-3H3. The van der Waals surface area contributed by atoms with E-state index in [2.05, 4.69) is 34.3 Å². The second-order valence-corrected chi connectivity index (χ2v) is 7.73. The molecule has 2 heterocycles. The lowest BCUT2D eigenvalue weighted by molar-refractivity contribution is -0.130. The maximum Gasteiger partial charge on any atom is 0.235 e. The van der Waals surface area contributed by atoms with E-state index in [4.69, 9.17) is 4.52 Å². The van der Waals surface area contributed by atoms with Gasteiger partial charge in [0.2, 0.25) is 5.91 Å². The Bertz CT molecular complexity index is 689. The Hall–Kier alpha value is -1.95. The SMILES string of the molecule is Cc1noc(C)c1CSC(C)C(=O)N1CCN(c2ccccc2)CC1. The highest BCUT2D eigenvalue weighted by Crippen LogP contribution is 2.24. The molecule has 0 bridgehead atoms. The average Bonchev–Trinajstić information content (AvgIpc) is 2.98. The number of hydrogen-bond donors (Lipinski definition) is 0. The lowest BCUT2D eigenvalue weighted by Gasteiger charge is -2.37. The minimum absolute atomic E-state index is 0.0584. The number of carbonyl (C=O) groups is 1. The summed E-state index contributed by atoms with van der Waals surface area (Å²) in [5, 5.41) is 3.92. The van der Waals surface area contributed by atoms with Crippen LogP contribution >= 0.6 is 11.8 Å². The Balaban J connectivity index is 1.50. The molecule has 1 unspecified atom stereocenters. The van der Waals surface area contributed by atoms with Crippen LogP contribution in [0.15, 0.2) is 34.9 Å². The highest BCUT2D eigenvalue weighted by molar-refractivity contribution is 7.99. The summed E-state index contributed by atoms with van der Waals surface area (Å²) in [6.07, 6.45) is 0. The van der Waals surface area contributed by atoms with E-state index in [0.717, 1.165) is 48.9 Å². The largest absolute Gasteiger partial charge is 0.368 e. The highest BCUT2D eigenvalue weighted by atomic mass is 32.2. The topological polar surface area (TPSA) is 49.6 Å². The van der Waals surface area contributed by atoms with Crippen LogP contribution in [0.4, 0.5) is 5.69 Å². The van der Waals surface area contributed by atoms with Crippen molar-refractivity contribution in [2.45, 2.75) is 31.8 Å². The van der Waals surface area contributed by atoms with Gasteiger partial charge in [0, 0.05) is 43.2 Å². The number of hydrogen-bond acceptors (Lipinski definition) is 5. The molecule has 25 heavy (non-hydrogen) atoms. The Morgan fingerprint density at radius 3 is 2.48 bits per heavy atom. The van der Waals surface area contributed by atoms with Crippen LogP contribution in [0.25, 0.3) is 0 Å². The molecular weight excluding hydrogens is 334 g/mol. The Morgan fingerprint density at radius 1 is 1.20 bits per heavy atom. The van der Waals surface area contributed by atoms with Crippen molar-refractivity contribution < 1.29 is 9.32 Å². The fourth-order valence-electron chi connectivity index (χ4n) is 3.07. The summed E-state index contributed by atoms with van der Waals surface area (Å²) in [6.45, 7) is 9.20. The van der Waals surface area contributed by atoms with E-state index in [9.17, 15) is 4.79 Å². The molecule has 0 N–H and O–H groups in total. The third-order valence-corrected chi connectivity index (χ3v) is 5.88. The van der Waals surface area contributed by atoms with Crippen molar-refractivity contribution in [3.8, 4) is 0 Å². The van der Waals surface area contributed by atoms with Crippen molar-refractivity contribution in [2.24, 2.45) is 0 Å². The number of piperazine rings is 1. The second kappa shape index (κ2) is 7.95. The summed E-state index contributed by atoms with van der Waals surface area (Å²) in [7, 11) is 0. The van der Waals surface area contributed by atoms with Crippen molar-refractivity contribution in [3.63, 3.8) is 0 Å². The molecule has 2 aromatic rings. The van der Waals surface area contributed by atoms with E-state index < -0.39 is 0 Å². The third kappa shape index (κ3) is 4.18. The van der Waals surface area contributed by atoms with Crippen LogP contribution in [-0.4, -0.2) is 47.4 Å². The van der Waals surface area contributed by atoms with Gasteiger partial charge in [0.25, 0.3) is 0 Å². The van der Waals surface area contributed by atoms with Crippen molar-refractivity contribution in [1.29, 1.82) is 0 Å². The van der Waals surface area contributed by atoms with Crippen LogP contribution in [0.1, 0.15) is 23.9 Å². The first-order valence-corrected chi connectivity index (χ1v) is 9.73. The summed E-state index contributed by atoms with van der Waals surface area (Å²) in [5.41, 5.74) is 3.26. The molecular formula is C19H25N3O2S. The van der Waals surface area contributed by atoms with Crippen molar-refractivity contribution in [1.82, 2.24) is 10.1 Å². The molecule has 1 atom stereocenters. The zero-order chi connectivity index (χ0) is 17.8. The van der Waals surface area contributed by atoms with Crippen LogP contribution in [0.3, 0.4) is 0 Å². The Morgan fingerprint density at radius 2 is 1.88 bits per heavy atom. The van der Waals surface area contributed by atoms with Crippen LogP contribution in [0, 0.1) is 13.8 Å². The molecule has 1 fully saturated rings. The molecule has 1 amide bonds. The summed E-state index contributed by atoms with van der Waals surface area (Å²) >= 11 is 1.66. The van der Waals surface area contributed by atoms with Crippen molar-refractivity contribution in [2.75, 3.05) is 31.1 Å². The predicted molar refractivity (Wildman–Crippen MR) is 102 cm³/mol. The van der Waals surface area contributed by atoms with E-state index in [1.807, 2.05) is 31.7 Å². The van der Waals surface area contributed by atoms with Crippen LogP contribution in [-0.2, 0) is 10.5 Å². The van der Waals surface area contributed by atoms with E-state index in [0.29, 0.717) is 0 Å². The van der Waals surface area contributed by atoms with Gasteiger partial charge in [-0.15, -0.1) is 11.8 Å². The average molecular weight is 359 g/mol. The normalized spacial score (nSPS) is 16.1. The van der Waals surface area contributed by atoms with Crippen molar-refractivity contribution >= 4 is 23.4 Å². The molecule has 3 rings (SSSR count). The smallest absolute Gasteiger partial charge is 0.235 e. The number of nitrogens with zero attached hydrogens (tertiary/aromatic N) is 3. The van der Waals surface area contributed by atoms with Gasteiger partial charge >= 0.3 is 0 Å². The number of rotatable bonds is 5. The first-order valence-electron chi connectivity index (χ1n) is 8.68. The minimum Gasteiger partial charge on any atom is -0.368 e. The number of amides is 1. The molecule has 134 valence electrons. The highest BCUT2D eigenvalue weighted by Gasteiger charge is 2.25. The predicted octanol–water partition coefficient (Wildman–Crippen LogP) is 3.26. The molecule has 0 saturated carbocycles. The lowest BCUT2D eigenvalue weighted by Crippen LogP contribution is -2.50. The van der Waals surface area contributed by atoms with E-state index in [1.165, 1.54) is 5.69 Å². The third-order valence-electron chi connectivity index (χ3n) is 4.72. The number of thioether (sulfide) groups is 1. The fraction of sp³-hybridized carbons (Fsp3) is 0.474. The zero-order valence-electron chi connectivity index (χ0n) is 15.1. The summed E-state index contributed by atoms with van der Waals surface area (Å²) in [5.74, 6) is 1.84. The monoisotopic (exact) mass is 359 g/mol. The summed E-state index contributed by atoms with van der Waals surface area (Å²) in [4.78, 5) is 17.0. The van der Waals surface area contributed by atoms with Gasteiger partial charge in [-0.05, 0) is 32.9 Å². The molecule has 0 radical (unpaired) electrons. The molecule has 1 aromatic carbocycles. The number of para-hydroxylation sites is 1. The Labute approximate surface area is 153 Å². The van der Waals surface area contributed by atoms with E-state index >= 15 is 0 Å². The fourth-order valence-corrected chi connectivity index (χ4v) is 4.19. The van der Waals surface area contributed by atoms with E-state index in [-0.39, 0.29) is 11.2 Å². The van der Waals surface area contributed by atoms with Crippen LogP contribution < -0.4 is 4.90 Å². The zero-order valence-corrected chi connectivity index (χ0v) is 15.9. The number of carbonyl (C=O) groups excluding carboxylic acids is 1. The molecule has 1 aliphatic rings. The molecule has 1 aromatic heterocycles.